The van der Waals surface area contributed by atoms with Gasteiger partial charge in [0.1, 0.15) is 18.4 Å². The molecule has 7 nitrogen and oxygen atoms in total. The molecule has 31 heavy (non-hydrogen) atoms. The van der Waals surface area contributed by atoms with Crippen LogP contribution < -0.4 is 9.62 Å². The van der Waals surface area contributed by atoms with E-state index in [4.69, 9.17) is 0 Å². The second kappa shape index (κ2) is 10.4. The van der Waals surface area contributed by atoms with Crippen molar-refractivity contribution in [3.05, 3.63) is 65.5 Å². The van der Waals surface area contributed by atoms with Crippen LogP contribution in [0.25, 0.3) is 0 Å². The smallest absolute Gasteiger partial charge is 0.244 e. The summed E-state index contributed by atoms with van der Waals surface area (Å²) in [4.78, 5) is 26.7. The molecule has 168 valence electrons. The molecule has 0 heterocycles. The number of hydrogen-bond donors (Lipinski definition) is 1. The van der Waals surface area contributed by atoms with Gasteiger partial charge in [-0.2, -0.15) is 0 Å². The molecule has 0 aliphatic heterocycles. The lowest BCUT2D eigenvalue weighted by atomic mass is 10.1. The Labute approximate surface area is 182 Å². The van der Waals surface area contributed by atoms with Crippen molar-refractivity contribution in [3.63, 3.8) is 0 Å². The molecule has 1 atom stereocenters. The summed E-state index contributed by atoms with van der Waals surface area (Å²) >= 11 is 0. The summed E-state index contributed by atoms with van der Waals surface area (Å²) in [5.41, 5.74) is 2.01. The second-order valence-electron chi connectivity index (χ2n) is 7.23. The van der Waals surface area contributed by atoms with Crippen molar-refractivity contribution < 1.29 is 22.4 Å². The van der Waals surface area contributed by atoms with Gasteiger partial charge in [-0.05, 0) is 48.7 Å². The van der Waals surface area contributed by atoms with Gasteiger partial charge < -0.3 is 10.2 Å². The number of nitrogens with one attached hydrogen (secondary N) is 1. The molecular weight excluding hydrogens is 421 g/mol. The van der Waals surface area contributed by atoms with Crippen LogP contribution in [0, 0.1) is 5.82 Å². The molecule has 2 aromatic rings. The molecule has 0 radical (unpaired) electrons. The Hall–Kier alpha value is -2.94. The summed E-state index contributed by atoms with van der Waals surface area (Å²) in [5.74, 6) is -1.36. The number of rotatable bonds is 9. The molecule has 0 bridgehead atoms. The van der Waals surface area contributed by atoms with Crippen molar-refractivity contribution in [2.24, 2.45) is 0 Å². The van der Waals surface area contributed by atoms with Crippen LogP contribution in [0.1, 0.15) is 25.0 Å². The first-order chi connectivity index (χ1) is 14.6. The maximum atomic E-state index is 13.3. The molecule has 2 amide bonds. The van der Waals surface area contributed by atoms with Crippen molar-refractivity contribution in [3.8, 4) is 0 Å². The van der Waals surface area contributed by atoms with Crippen LogP contribution in [0.5, 0.6) is 0 Å². The number of amides is 2. The zero-order chi connectivity index (χ0) is 23.2. The maximum Gasteiger partial charge on any atom is 0.244 e. The van der Waals surface area contributed by atoms with Gasteiger partial charge in [0, 0.05) is 13.6 Å². The van der Waals surface area contributed by atoms with E-state index < -0.39 is 40.2 Å². The molecule has 0 unspecified atom stereocenters. The van der Waals surface area contributed by atoms with Crippen LogP contribution in [0.3, 0.4) is 0 Å². The molecule has 0 spiro atoms. The highest BCUT2D eigenvalue weighted by atomic mass is 32.2. The van der Waals surface area contributed by atoms with Gasteiger partial charge in [-0.15, -0.1) is 0 Å². The number of nitrogens with zero attached hydrogens (tertiary/aromatic N) is 2. The van der Waals surface area contributed by atoms with E-state index in [1.54, 1.807) is 31.2 Å². The third kappa shape index (κ3) is 6.52. The minimum absolute atomic E-state index is 0.0279. The molecule has 1 N–H and O–H groups in total. The molecule has 0 aliphatic carbocycles. The largest absolute Gasteiger partial charge is 0.357 e. The highest BCUT2D eigenvalue weighted by Crippen LogP contribution is 2.20. The summed E-state index contributed by atoms with van der Waals surface area (Å²) in [6.07, 6.45) is 1.83. The Morgan fingerprint density at radius 3 is 2.06 bits per heavy atom. The average molecular weight is 450 g/mol. The van der Waals surface area contributed by atoms with E-state index in [-0.39, 0.29) is 6.54 Å². The van der Waals surface area contributed by atoms with E-state index in [2.05, 4.69) is 5.32 Å². The molecule has 0 fully saturated rings. The van der Waals surface area contributed by atoms with Crippen molar-refractivity contribution in [2.75, 3.05) is 24.2 Å². The normalized spacial score (nSPS) is 12.2. The van der Waals surface area contributed by atoms with Crippen LogP contribution in [0.2, 0.25) is 0 Å². The van der Waals surface area contributed by atoms with E-state index in [0.717, 1.165) is 22.5 Å². The van der Waals surface area contributed by atoms with Crippen LogP contribution >= 0.6 is 0 Å². The van der Waals surface area contributed by atoms with Gasteiger partial charge in [-0.25, -0.2) is 12.8 Å². The fourth-order valence-electron chi connectivity index (χ4n) is 3.09. The SMILES string of the molecule is CCc1ccc(N(CC(=O)N(Cc2ccc(F)cc2)[C@@H](C)C(=O)NC)S(C)(=O)=O)cc1. The van der Waals surface area contributed by atoms with E-state index in [1.807, 2.05) is 6.92 Å². The number of carbonyl (C=O) groups is 2. The number of likely N-dealkylation sites (N-methyl/N-ethyl adjacent to an activating group) is 1. The number of aryl methyl sites for hydroxylation is 1. The maximum absolute atomic E-state index is 13.3. The Kier molecular flexibility index (Phi) is 8.15. The third-order valence-corrected chi connectivity index (χ3v) is 6.13. The molecular formula is C22H28FN3O4S. The predicted octanol–water partition coefficient (Wildman–Crippen LogP) is 2.32. The Morgan fingerprint density at radius 1 is 1.03 bits per heavy atom. The molecule has 2 aromatic carbocycles. The number of benzene rings is 2. The Bertz CT molecular complexity index is 1010. The number of halogens is 1. The molecule has 0 saturated heterocycles. The highest BCUT2D eigenvalue weighted by Gasteiger charge is 2.29. The quantitative estimate of drug-likeness (QED) is 0.637. The third-order valence-electron chi connectivity index (χ3n) is 4.99. The minimum atomic E-state index is -3.76. The molecule has 0 saturated carbocycles. The summed E-state index contributed by atoms with van der Waals surface area (Å²) in [7, 11) is -2.30. The van der Waals surface area contributed by atoms with Crippen molar-refractivity contribution in [1.82, 2.24) is 10.2 Å². The van der Waals surface area contributed by atoms with Gasteiger partial charge in [-0.1, -0.05) is 31.2 Å². The highest BCUT2D eigenvalue weighted by molar-refractivity contribution is 7.92. The van der Waals surface area contributed by atoms with Crippen molar-refractivity contribution >= 4 is 27.5 Å². The predicted molar refractivity (Wildman–Crippen MR) is 118 cm³/mol. The number of hydrogen-bond acceptors (Lipinski definition) is 4. The summed E-state index contributed by atoms with van der Waals surface area (Å²) in [5, 5.41) is 2.50. The standard InChI is InChI=1S/C22H28FN3O4S/c1-5-17-8-12-20(13-9-17)26(31(4,29)30)15-21(27)25(16(2)22(28)24-3)14-18-6-10-19(23)11-7-18/h6-13,16H,5,14-15H2,1-4H3,(H,24,28)/t16-/m0/s1. The lowest BCUT2D eigenvalue weighted by molar-refractivity contribution is -0.139. The van der Waals surface area contributed by atoms with Gasteiger partial charge in [0.15, 0.2) is 0 Å². The van der Waals surface area contributed by atoms with Crippen LogP contribution in [-0.4, -0.2) is 51.0 Å². The first-order valence-electron chi connectivity index (χ1n) is 9.89. The summed E-state index contributed by atoms with van der Waals surface area (Å²) in [6, 6.07) is 11.6. The van der Waals surface area contributed by atoms with Gasteiger partial charge >= 0.3 is 0 Å². The first kappa shape index (κ1) is 24.3. The fourth-order valence-corrected chi connectivity index (χ4v) is 3.94. The van der Waals surface area contributed by atoms with Crippen LogP contribution in [-0.2, 0) is 32.6 Å². The summed E-state index contributed by atoms with van der Waals surface area (Å²) < 4.78 is 39.1. The van der Waals surface area contributed by atoms with Crippen molar-refractivity contribution in [1.29, 1.82) is 0 Å². The van der Waals surface area contributed by atoms with Gasteiger partial charge in [0.05, 0.1) is 11.9 Å². The van der Waals surface area contributed by atoms with E-state index in [0.29, 0.717) is 11.3 Å². The molecule has 0 aliphatic rings. The second-order valence-corrected chi connectivity index (χ2v) is 9.13. The first-order valence-corrected chi connectivity index (χ1v) is 11.7. The molecule has 9 heteroatoms. The van der Waals surface area contributed by atoms with E-state index >= 15 is 0 Å². The van der Waals surface area contributed by atoms with Gasteiger partial charge in [0.25, 0.3) is 0 Å². The van der Waals surface area contributed by atoms with Crippen molar-refractivity contribution in [2.45, 2.75) is 32.9 Å². The minimum Gasteiger partial charge on any atom is -0.357 e. The topological polar surface area (TPSA) is 86.8 Å². The van der Waals surface area contributed by atoms with Gasteiger partial charge in [0.2, 0.25) is 21.8 Å². The summed E-state index contributed by atoms with van der Waals surface area (Å²) in [6.45, 7) is 3.11. The van der Waals surface area contributed by atoms with Crippen LogP contribution in [0.15, 0.2) is 48.5 Å². The van der Waals surface area contributed by atoms with Crippen LogP contribution in [0.4, 0.5) is 10.1 Å². The Morgan fingerprint density at radius 2 is 1.58 bits per heavy atom. The number of carbonyl (C=O) groups excluding carboxylic acids is 2. The lowest BCUT2D eigenvalue weighted by Gasteiger charge is -2.31. The molecule has 2 rings (SSSR count). The molecule has 0 aromatic heterocycles. The fraction of sp³-hybridized carbons (Fsp3) is 0.364. The van der Waals surface area contributed by atoms with E-state index in [9.17, 15) is 22.4 Å². The average Bonchev–Trinajstić information content (AvgIpc) is 2.75. The zero-order valence-electron chi connectivity index (χ0n) is 18.1. The van der Waals surface area contributed by atoms with Gasteiger partial charge in [-0.3, -0.25) is 13.9 Å². The monoisotopic (exact) mass is 449 g/mol. The van der Waals surface area contributed by atoms with E-state index in [1.165, 1.54) is 36.2 Å². The number of sulfonamides is 1. The number of anilines is 1. The zero-order valence-corrected chi connectivity index (χ0v) is 18.9. The Balaban J connectivity index is 2.35. The lowest BCUT2D eigenvalue weighted by Crippen LogP contribution is -2.50.